The molecule has 2 rings (SSSR count). The topological polar surface area (TPSA) is 63.4 Å². The minimum Gasteiger partial charge on any atom is -0.327 e. The van der Waals surface area contributed by atoms with Crippen LogP contribution in [0.5, 0.6) is 0 Å². The number of hydrogen-bond donors (Lipinski definition) is 1. The van der Waals surface area contributed by atoms with Gasteiger partial charge < -0.3 is 5.73 Å². The molecule has 1 aliphatic heterocycles. The van der Waals surface area contributed by atoms with Crippen molar-refractivity contribution in [3.63, 3.8) is 0 Å². The Balaban J connectivity index is 0.00000242. The van der Waals surface area contributed by atoms with E-state index in [0.717, 1.165) is 24.6 Å². The van der Waals surface area contributed by atoms with Gasteiger partial charge in [-0.25, -0.2) is 8.42 Å². The Morgan fingerprint density at radius 3 is 2.45 bits per heavy atom. The molecule has 1 aliphatic rings. The van der Waals surface area contributed by atoms with Gasteiger partial charge in [0.1, 0.15) is 0 Å². The second-order valence-corrected chi connectivity index (χ2v) is 7.15. The Hall–Kier alpha value is -0.830. The normalized spacial score (nSPS) is 20.5. The van der Waals surface area contributed by atoms with Crippen molar-refractivity contribution >= 4 is 22.4 Å². The van der Waals surface area contributed by atoms with E-state index in [4.69, 9.17) is 5.73 Å². The van der Waals surface area contributed by atoms with Crippen LogP contribution in [0.25, 0.3) is 0 Å². The molecule has 1 fully saturated rings. The molecule has 0 saturated carbocycles. The van der Waals surface area contributed by atoms with E-state index in [1.54, 1.807) is 0 Å². The lowest BCUT2D eigenvalue weighted by Crippen LogP contribution is -2.45. The number of rotatable bonds is 2. The molecule has 0 bridgehead atoms. The molecule has 0 spiro atoms. The lowest BCUT2D eigenvalue weighted by Gasteiger charge is -2.30. The third kappa shape index (κ3) is 3.92. The SMILES string of the molecule is Cc1cc(C(F)(F)F)ccc1S(=O)(=O)N1CCCC(N)C1.Cl. The Labute approximate surface area is 133 Å². The van der Waals surface area contributed by atoms with Crippen molar-refractivity contribution in [2.75, 3.05) is 13.1 Å². The first-order chi connectivity index (χ1) is 9.62. The van der Waals surface area contributed by atoms with Gasteiger partial charge in [-0.3, -0.25) is 0 Å². The molecule has 1 saturated heterocycles. The fourth-order valence-corrected chi connectivity index (χ4v) is 4.19. The van der Waals surface area contributed by atoms with Crippen molar-refractivity contribution in [1.82, 2.24) is 4.31 Å². The molecule has 0 radical (unpaired) electrons. The summed E-state index contributed by atoms with van der Waals surface area (Å²) in [6.45, 7) is 1.91. The van der Waals surface area contributed by atoms with E-state index in [1.807, 2.05) is 0 Å². The zero-order valence-electron chi connectivity index (χ0n) is 11.9. The highest BCUT2D eigenvalue weighted by molar-refractivity contribution is 7.89. The minimum atomic E-state index is -4.49. The standard InChI is InChI=1S/C13H17F3N2O2S.ClH/c1-9-7-10(13(14,15)16)4-5-12(9)21(19,20)18-6-2-3-11(17)8-18;/h4-5,7,11H,2-3,6,8,17H2,1H3;1H. The fourth-order valence-electron chi connectivity index (χ4n) is 2.45. The number of hydrogen-bond acceptors (Lipinski definition) is 3. The van der Waals surface area contributed by atoms with Crippen molar-refractivity contribution in [3.05, 3.63) is 29.3 Å². The van der Waals surface area contributed by atoms with Gasteiger partial charge in [0.25, 0.3) is 0 Å². The van der Waals surface area contributed by atoms with Crippen LogP contribution in [-0.2, 0) is 16.2 Å². The zero-order chi connectivity index (χ0) is 15.8. The van der Waals surface area contributed by atoms with E-state index in [-0.39, 0.29) is 35.5 Å². The minimum absolute atomic E-state index is 0. The Kier molecular flexibility index (Phi) is 5.88. The van der Waals surface area contributed by atoms with Gasteiger partial charge in [-0.05, 0) is 43.5 Å². The smallest absolute Gasteiger partial charge is 0.327 e. The number of sulfonamides is 1. The molecule has 0 aliphatic carbocycles. The van der Waals surface area contributed by atoms with Gasteiger partial charge in [0.15, 0.2) is 0 Å². The summed E-state index contributed by atoms with van der Waals surface area (Å²) in [7, 11) is -3.80. The quantitative estimate of drug-likeness (QED) is 0.883. The largest absolute Gasteiger partial charge is 0.416 e. The number of nitrogens with two attached hydrogens (primary N) is 1. The van der Waals surface area contributed by atoms with Crippen LogP contribution in [0.2, 0.25) is 0 Å². The first kappa shape index (κ1) is 19.2. The number of nitrogens with zero attached hydrogens (tertiary/aromatic N) is 1. The van der Waals surface area contributed by atoms with E-state index < -0.39 is 21.8 Å². The molecular formula is C13H18ClF3N2O2S. The van der Waals surface area contributed by atoms with Gasteiger partial charge in [-0.1, -0.05) is 0 Å². The zero-order valence-corrected chi connectivity index (χ0v) is 13.6. The molecule has 1 unspecified atom stereocenters. The molecule has 4 nitrogen and oxygen atoms in total. The van der Waals surface area contributed by atoms with E-state index in [1.165, 1.54) is 11.2 Å². The maximum absolute atomic E-state index is 12.6. The second kappa shape index (κ2) is 6.74. The van der Waals surface area contributed by atoms with Gasteiger partial charge in [-0.15, -0.1) is 12.4 Å². The van der Waals surface area contributed by atoms with Gasteiger partial charge in [0.2, 0.25) is 10.0 Å². The van der Waals surface area contributed by atoms with Gasteiger partial charge in [-0.2, -0.15) is 17.5 Å². The van der Waals surface area contributed by atoms with Crippen molar-refractivity contribution in [2.24, 2.45) is 5.73 Å². The first-order valence-electron chi connectivity index (χ1n) is 6.56. The second-order valence-electron chi connectivity index (χ2n) is 5.24. The van der Waals surface area contributed by atoms with Crippen LogP contribution in [0.3, 0.4) is 0 Å². The Morgan fingerprint density at radius 2 is 1.95 bits per heavy atom. The molecule has 22 heavy (non-hydrogen) atoms. The lowest BCUT2D eigenvalue weighted by molar-refractivity contribution is -0.137. The molecule has 1 atom stereocenters. The lowest BCUT2D eigenvalue weighted by atomic mass is 10.1. The number of halogens is 4. The highest BCUT2D eigenvalue weighted by atomic mass is 35.5. The third-order valence-electron chi connectivity index (χ3n) is 3.54. The predicted octanol–water partition coefficient (Wildman–Crippen LogP) is 2.55. The van der Waals surface area contributed by atoms with Crippen molar-refractivity contribution in [1.29, 1.82) is 0 Å². The van der Waals surface area contributed by atoms with Gasteiger partial charge >= 0.3 is 6.18 Å². The summed E-state index contributed by atoms with van der Waals surface area (Å²) >= 11 is 0. The number of piperidine rings is 1. The van der Waals surface area contributed by atoms with E-state index in [9.17, 15) is 21.6 Å². The van der Waals surface area contributed by atoms with Gasteiger partial charge in [0, 0.05) is 19.1 Å². The average molecular weight is 359 g/mol. The highest BCUT2D eigenvalue weighted by Gasteiger charge is 2.34. The van der Waals surface area contributed by atoms with Crippen LogP contribution in [0, 0.1) is 6.92 Å². The van der Waals surface area contributed by atoms with Crippen molar-refractivity contribution in [3.8, 4) is 0 Å². The van der Waals surface area contributed by atoms with Crippen LogP contribution in [0.15, 0.2) is 23.1 Å². The third-order valence-corrected chi connectivity index (χ3v) is 5.57. The summed E-state index contributed by atoms with van der Waals surface area (Å²) in [6.07, 6.45) is -3.08. The Morgan fingerprint density at radius 1 is 1.32 bits per heavy atom. The number of aryl methyl sites for hydroxylation is 1. The number of benzene rings is 1. The van der Waals surface area contributed by atoms with E-state index >= 15 is 0 Å². The van der Waals surface area contributed by atoms with Crippen LogP contribution in [0.4, 0.5) is 13.2 Å². The van der Waals surface area contributed by atoms with E-state index in [2.05, 4.69) is 0 Å². The molecule has 0 amide bonds. The van der Waals surface area contributed by atoms with Crippen LogP contribution >= 0.6 is 12.4 Å². The van der Waals surface area contributed by atoms with Crippen molar-refractivity contribution < 1.29 is 21.6 Å². The molecule has 1 aromatic carbocycles. The molecule has 2 N–H and O–H groups in total. The summed E-state index contributed by atoms with van der Waals surface area (Å²) in [5.74, 6) is 0. The summed E-state index contributed by atoms with van der Waals surface area (Å²) in [5, 5.41) is 0. The fraction of sp³-hybridized carbons (Fsp3) is 0.538. The molecule has 9 heteroatoms. The van der Waals surface area contributed by atoms with Crippen molar-refractivity contribution in [2.45, 2.75) is 36.9 Å². The monoisotopic (exact) mass is 358 g/mol. The molecule has 126 valence electrons. The Bertz CT molecular complexity index is 635. The predicted molar refractivity (Wildman–Crippen MR) is 79.4 cm³/mol. The first-order valence-corrected chi connectivity index (χ1v) is 8.00. The molecular weight excluding hydrogens is 341 g/mol. The summed E-state index contributed by atoms with van der Waals surface area (Å²) in [6, 6.07) is 2.44. The maximum Gasteiger partial charge on any atom is 0.416 e. The van der Waals surface area contributed by atoms with Crippen LogP contribution < -0.4 is 5.73 Å². The van der Waals surface area contributed by atoms with Gasteiger partial charge in [0.05, 0.1) is 10.5 Å². The summed E-state index contributed by atoms with van der Waals surface area (Å²) < 4.78 is 64.1. The highest BCUT2D eigenvalue weighted by Crippen LogP contribution is 2.32. The number of alkyl halides is 3. The average Bonchev–Trinajstić information content (AvgIpc) is 2.37. The summed E-state index contributed by atoms with van der Waals surface area (Å²) in [4.78, 5) is -0.0930. The molecule has 1 aromatic rings. The van der Waals surface area contributed by atoms with Crippen LogP contribution in [0.1, 0.15) is 24.0 Å². The molecule has 0 aromatic heterocycles. The maximum atomic E-state index is 12.6. The van der Waals surface area contributed by atoms with Crippen LogP contribution in [-0.4, -0.2) is 31.9 Å². The van der Waals surface area contributed by atoms with E-state index in [0.29, 0.717) is 13.0 Å². The molecule has 1 heterocycles. The summed E-state index contributed by atoms with van der Waals surface area (Å²) in [5.41, 5.74) is 5.00.